The van der Waals surface area contributed by atoms with Crippen LogP contribution in [-0.4, -0.2) is 35.7 Å². The highest BCUT2D eigenvalue weighted by atomic mass is 35.5. The van der Waals surface area contributed by atoms with Gasteiger partial charge in [0.2, 0.25) is 0 Å². The molecule has 2 aliphatic heterocycles. The van der Waals surface area contributed by atoms with Crippen LogP contribution in [0.3, 0.4) is 0 Å². The largest absolute Gasteiger partial charge is 0.573 e. The summed E-state index contributed by atoms with van der Waals surface area (Å²) in [5.41, 5.74) is 2.58. The smallest absolute Gasteiger partial charge is 0.406 e. The zero-order chi connectivity index (χ0) is 23.2. The number of ether oxygens (including phenoxy) is 1. The maximum Gasteiger partial charge on any atom is 0.573 e. The van der Waals surface area contributed by atoms with E-state index >= 15 is 0 Å². The van der Waals surface area contributed by atoms with E-state index in [9.17, 15) is 18.0 Å². The molecule has 2 heterocycles. The molecular formula is C25H20ClF3N2O2. The van der Waals surface area contributed by atoms with Crippen molar-refractivity contribution >= 4 is 23.1 Å². The summed E-state index contributed by atoms with van der Waals surface area (Å²) < 4.78 is 41.7. The van der Waals surface area contributed by atoms with Gasteiger partial charge >= 0.3 is 6.36 Å². The van der Waals surface area contributed by atoms with Gasteiger partial charge in [-0.3, -0.25) is 9.69 Å². The number of ketones is 1. The number of nitrogens with one attached hydrogen (secondary N) is 1. The Labute approximate surface area is 193 Å². The number of anilines is 1. The number of likely N-dealkylation sites (tertiary alicyclic amines) is 1. The van der Waals surface area contributed by atoms with Gasteiger partial charge in [0, 0.05) is 35.9 Å². The molecule has 5 rings (SSSR count). The lowest BCUT2D eigenvalue weighted by molar-refractivity contribution is -0.274. The molecule has 3 aromatic rings. The van der Waals surface area contributed by atoms with Crippen LogP contribution >= 0.6 is 11.6 Å². The molecule has 4 nitrogen and oxygen atoms in total. The van der Waals surface area contributed by atoms with Gasteiger partial charge in [-0.1, -0.05) is 48.0 Å². The predicted octanol–water partition coefficient (Wildman–Crippen LogP) is 5.89. The van der Waals surface area contributed by atoms with Crippen LogP contribution in [0.5, 0.6) is 5.75 Å². The van der Waals surface area contributed by atoms with Gasteiger partial charge in [0.15, 0.2) is 5.78 Å². The van der Waals surface area contributed by atoms with Crippen molar-refractivity contribution in [3.8, 4) is 5.75 Å². The molecule has 0 radical (unpaired) electrons. The molecule has 0 bridgehead atoms. The number of alkyl halides is 3. The number of carbonyl (C=O) groups is 1. The van der Waals surface area contributed by atoms with Gasteiger partial charge < -0.3 is 10.1 Å². The third-order valence-electron chi connectivity index (χ3n) is 6.17. The van der Waals surface area contributed by atoms with E-state index in [4.69, 9.17) is 11.6 Å². The van der Waals surface area contributed by atoms with Crippen molar-refractivity contribution in [3.63, 3.8) is 0 Å². The molecule has 1 fully saturated rings. The summed E-state index contributed by atoms with van der Waals surface area (Å²) in [6, 6.07) is 20.6. The van der Waals surface area contributed by atoms with Crippen molar-refractivity contribution < 1.29 is 22.7 Å². The normalized spacial score (nSPS) is 19.5. The van der Waals surface area contributed by atoms with Crippen LogP contribution < -0.4 is 10.1 Å². The number of hydrogen-bond donors (Lipinski definition) is 1. The Hall–Kier alpha value is -3.03. The van der Waals surface area contributed by atoms with Gasteiger partial charge in [0.05, 0.1) is 11.5 Å². The molecular weight excluding hydrogens is 453 g/mol. The van der Waals surface area contributed by atoms with Crippen LogP contribution in [0, 0.1) is 0 Å². The lowest BCUT2D eigenvalue weighted by Gasteiger charge is -2.56. The molecule has 2 aliphatic rings. The number of carbonyl (C=O) groups excluding carboxylic acids is 1. The van der Waals surface area contributed by atoms with Gasteiger partial charge in [0.1, 0.15) is 5.75 Å². The Balaban J connectivity index is 1.43. The topological polar surface area (TPSA) is 41.6 Å². The van der Waals surface area contributed by atoms with E-state index in [0.29, 0.717) is 35.8 Å². The monoisotopic (exact) mass is 472 g/mol. The maximum absolute atomic E-state index is 13.6. The van der Waals surface area contributed by atoms with E-state index in [0.717, 1.165) is 11.3 Å². The molecule has 1 saturated heterocycles. The molecule has 33 heavy (non-hydrogen) atoms. The van der Waals surface area contributed by atoms with Crippen LogP contribution in [0.15, 0.2) is 72.8 Å². The summed E-state index contributed by atoms with van der Waals surface area (Å²) in [7, 11) is 0. The molecule has 170 valence electrons. The molecule has 1 unspecified atom stereocenters. The number of Topliss-reactive ketones (excluding diaryl/α,β-unsaturated/α-hetero) is 1. The van der Waals surface area contributed by atoms with E-state index in [1.165, 1.54) is 12.1 Å². The summed E-state index contributed by atoms with van der Waals surface area (Å²) in [4.78, 5) is 15.8. The Morgan fingerprint density at radius 2 is 1.67 bits per heavy atom. The minimum atomic E-state index is -4.76. The van der Waals surface area contributed by atoms with E-state index in [1.54, 1.807) is 24.3 Å². The first-order chi connectivity index (χ1) is 15.7. The quantitative estimate of drug-likeness (QED) is 0.514. The zero-order valence-corrected chi connectivity index (χ0v) is 18.2. The van der Waals surface area contributed by atoms with Gasteiger partial charge in [-0.15, -0.1) is 13.2 Å². The maximum atomic E-state index is 13.6. The summed E-state index contributed by atoms with van der Waals surface area (Å²) >= 11 is 5.98. The first kappa shape index (κ1) is 21.8. The number of rotatable bonds is 4. The van der Waals surface area contributed by atoms with E-state index in [2.05, 4.69) is 15.0 Å². The Bertz CT molecular complexity index is 1170. The highest BCUT2D eigenvalue weighted by Gasteiger charge is 2.55. The zero-order valence-electron chi connectivity index (χ0n) is 17.4. The van der Waals surface area contributed by atoms with Crippen molar-refractivity contribution in [1.29, 1.82) is 0 Å². The molecule has 1 spiro atoms. The molecule has 0 amide bonds. The third-order valence-corrected chi connectivity index (χ3v) is 6.42. The fraction of sp³-hybridized carbons (Fsp3) is 0.240. The molecule has 1 N–H and O–H groups in total. The highest BCUT2D eigenvalue weighted by molar-refractivity contribution is 6.30. The number of halogens is 4. The van der Waals surface area contributed by atoms with Crippen molar-refractivity contribution in [2.45, 2.75) is 24.4 Å². The average molecular weight is 473 g/mol. The summed E-state index contributed by atoms with van der Waals surface area (Å²) in [6.45, 7) is 1.93. The van der Waals surface area contributed by atoms with Gasteiger partial charge in [-0.2, -0.15) is 0 Å². The van der Waals surface area contributed by atoms with Crippen molar-refractivity contribution in [2.24, 2.45) is 0 Å². The van der Waals surface area contributed by atoms with Gasteiger partial charge in [0.25, 0.3) is 0 Å². The van der Waals surface area contributed by atoms with E-state index < -0.39 is 17.8 Å². The molecule has 0 aromatic heterocycles. The van der Waals surface area contributed by atoms with Crippen molar-refractivity contribution in [3.05, 3.63) is 94.5 Å². The molecule has 0 aliphatic carbocycles. The Morgan fingerprint density at radius 3 is 2.33 bits per heavy atom. The van der Waals surface area contributed by atoms with Crippen LogP contribution in [0.4, 0.5) is 18.9 Å². The van der Waals surface area contributed by atoms with Crippen LogP contribution in [0.1, 0.15) is 27.4 Å². The lowest BCUT2D eigenvalue weighted by Crippen LogP contribution is -2.70. The van der Waals surface area contributed by atoms with Crippen LogP contribution in [-0.2, 0) is 6.54 Å². The van der Waals surface area contributed by atoms with E-state index in [-0.39, 0.29) is 11.5 Å². The summed E-state index contributed by atoms with van der Waals surface area (Å²) in [5.74, 6) is -0.885. The average Bonchev–Trinajstić information content (AvgIpc) is 2.74. The van der Waals surface area contributed by atoms with Crippen molar-refractivity contribution in [2.75, 3.05) is 18.4 Å². The second-order valence-corrected chi connectivity index (χ2v) is 8.95. The standard InChI is InChI=1S/C25H20ClF3N2O2/c26-18-9-5-16(6-10-18)13-31-14-24(15-31)22(23(32)20-3-1-2-4-21(20)30-24)17-7-11-19(12-8-17)33-25(27,28)29/h1-12,22,30H,13-15H2. The fourth-order valence-corrected chi connectivity index (χ4v) is 4.99. The minimum Gasteiger partial charge on any atom is -0.406 e. The lowest BCUT2D eigenvalue weighted by atomic mass is 9.67. The molecule has 1 atom stereocenters. The number of hydrogen-bond acceptors (Lipinski definition) is 4. The Morgan fingerprint density at radius 1 is 1.00 bits per heavy atom. The fourth-order valence-electron chi connectivity index (χ4n) is 4.86. The van der Waals surface area contributed by atoms with Gasteiger partial charge in [-0.25, -0.2) is 0 Å². The number of para-hydroxylation sites is 1. The first-order valence-corrected chi connectivity index (χ1v) is 10.8. The van der Waals surface area contributed by atoms with Crippen molar-refractivity contribution in [1.82, 2.24) is 4.90 Å². The minimum absolute atomic E-state index is 0.0417. The highest BCUT2D eigenvalue weighted by Crippen LogP contribution is 2.46. The number of fused-ring (bicyclic) bond motifs is 1. The second kappa shape index (κ2) is 8.08. The summed E-state index contributed by atoms with van der Waals surface area (Å²) in [5, 5.41) is 4.25. The predicted molar refractivity (Wildman–Crippen MR) is 120 cm³/mol. The van der Waals surface area contributed by atoms with Gasteiger partial charge in [-0.05, 0) is 47.5 Å². The second-order valence-electron chi connectivity index (χ2n) is 8.51. The number of nitrogens with zero attached hydrogens (tertiary/aromatic N) is 1. The SMILES string of the molecule is O=C1c2ccccc2NC2(CN(Cc3ccc(Cl)cc3)C2)C1c1ccc(OC(F)(F)F)cc1. The molecule has 8 heteroatoms. The Kier molecular flexibility index (Phi) is 5.34. The van der Waals surface area contributed by atoms with Crippen LogP contribution in [0.2, 0.25) is 5.02 Å². The van der Waals surface area contributed by atoms with E-state index in [1.807, 2.05) is 36.4 Å². The first-order valence-electron chi connectivity index (χ1n) is 10.5. The molecule has 0 saturated carbocycles. The molecule has 3 aromatic carbocycles. The number of benzene rings is 3. The summed E-state index contributed by atoms with van der Waals surface area (Å²) in [6.07, 6.45) is -4.76. The third kappa shape index (κ3) is 4.30. The van der Waals surface area contributed by atoms with Crippen LogP contribution in [0.25, 0.3) is 0 Å².